The van der Waals surface area contributed by atoms with Crippen LogP contribution in [0.5, 0.6) is 0 Å². The summed E-state index contributed by atoms with van der Waals surface area (Å²) in [5, 5.41) is 10.4. The van der Waals surface area contributed by atoms with E-state index in [1.54, 1.807) is 12.4 Å². The van der Waals surface area contributed by atoms with E-state index in [0.29, 0.717) is 5.92 Å². The summed E-state index contributed by atoms with van der Waals surface area (Å²) in [5.74, 6) is 0.703. The lowest BCUT2D eigenvalue weighted by Crippen LogP contribution is -2.09. The quantitative estimate of drug-likeness (QED) is 0.890. The summed E-state index contributed by atoms with van der Waals surface area (Å²) >= 11 is 0. The van der Waals surface area contributed by atoms with Crippen LogP contribution in [0, 0.1) is 0 Å². The zero-order chi connectivity index (χ0) is 12.4. The van der Waals surface area contributed by atoms with Crippen LogP contribution in [0.1, 0.15) is 48.0 Å². The highest BCUT2D eigenvalue weighted by atomic mass is 16.3. The molecule has 0 amide bonds. The molecule has 1 atom stereocenters. The Morgan fingerprint density at radius 2 is 1.83 bits per heavy atom. The van der Waals surface area contributed by atoms with Gasteiger partial charge in [-0.15, -0.1) is 0 Å². The predicted molar refractivity (Wildman–Crippen MR) is 71.3 cm³/mol. The second kappa shape index (κ2) is 4.91. The molecule has 1 heterocycles. The van der Waals surface area contributed by atoms with Crippen LogP contribution in [0.3, 0.4) is 0 Å². The van der Waals surface area contributed by atoms with E-state index in [2.05, 4.69) is 17.1 Å². The van der Waals surface area contributed by atoms with Crippen molar-refractivity contribution in [3.8, 4) is 0 Å². The third kappa shape index (κ3) is 2.16. The number of benzene rings is 1. The number of nitrogens with zero attached hydrogens (tertiary/aromatic N) is 1. The van der Waals surface area contributed by atoms with Crippen molar-refractivity contribution in [2.75, 3.05) is 0 Å². The van der Waals surface area contributed by atoms with Crippen molar-refractivity contribution in [3.63, 3.8) is 0 Å². The van der Waals surface area contributed by atoms with E-state index >= 15 is 0 Å². The highest BCUT2D eigenvalue weighted by Crippen LogP contribution is 2.37. The first-order valence-corrected chi connectivity index (χ1v) is 6.52. The number of pyridine rings is 1. The molecule has 1 aliphatic carbocycles. The molecule has 0 saturated heterocycles. The number of aliphatic hydroxyl groups excluding tert-OH is 1. The van der Waals surface area contributed by atoms with Crippen molar-refractivity contribution in [2.24, 2.45) is 0 Å². The summed E-state index contributed by atoms with van der Waals surface area (Å²) in [5.41, 5.74) is 3.24. The van der Waals surface area contributed by atoms with Crippen LogP contribution in [-0.4, -0.2) is 10.1 Å². The number of hydrogen-bond acceptors (Lipinski definition) is 2. The molecule has 0 spiro atoms. The van der Waals surface area contributed by atoms with Crippen LogP contribution in [-0.2, 0) is 0 Å². The van der Waals surface area contributed by atoms with Gasteiger partial charge in [0.05, 0.1) is 0 Å². The summed E-state index contributed by atoms with van der Waals surface area (Å²) in [4.78, 5) is 3.98. The Balaban J connectivity index is 1.87. The Bertz CT molecular complexity index is 520. The summed E-state index contributed by atoms with van der Waals surface area (Å²) < 4.78 is 0. The van der Waals surface area contributed by atoms with E-state index in [9.17, 15) is 5.11 Å². The molecule has 2 heteroatoms. The van der Waals surface area contributed by atoms with Gasteiger partial charge in [0.1, 0.15) is 6.10 Å². The lowest BCUT2D eigenvalue weighted by molar-refractivity contribution is 0.220. The Morgan fingerprint density at radius 1 is 1.06 bits per heavy atom. The van der Waals surface area contributed by atoms with Crippen molar-refractivity contribution < 1.29 is 5.11 Å². The van der Waals surface area contributed by atoms with Gasteiger partial charge in [-0.2, -0.15) is 0 Å². The fraction of sp³-hybridized carbons (Fsp3) is 0.312. The van der Waals surface area contributed by atoms with Gasteiger partial charge >= 0.3 is 0 Å². The SMILES string of the molecule is OC(c1ccncc1)c1cccc(C2CCC2)c1. The van der Waals surface area contributed by atoms with Crippen LogP contribution in [0.4, 0.5) is 0 Å². The number of hydrogen-bond donors (Lipinski definition) is 1. The molecule has 0 radical (unpaired) electrons. The molecule has 92 valence electrons. The standard InChI is InChI=1S/C16H17NO/c18-16(13-7-9-17-10-8-13)15-6-2-5-14(11-15)12-3-1-4-12/h2,5-12,16,18H,1,3-4H2. The normalized spacial score (nSPS) is 17.2. The lowest BCUT2D eigenvalue weighted by atomic mass is 9.79. The third-order valence-corrected chi connectivity index (χ3v) is 3.82. The van der Waals surface area contributed by atoms with Gasteiger partial charge in [0.25, 0.3) is 0 Å². The van der Waals surface area contributed by atoms with Gasteiger partial charge in [0.15, 0.2) is 0 Å². The van der Waals surface area contributed by atoms with Crippen LogP contribution >= 0.6 is 0 Å². The first kappa shape index (κ1) is 11.4. The second-order valence-corrected chi connectivity index (χ2v) is 4.98. The first-order chi connectivity index (χ1) is 8.84. The van der Waals surface area contributed by atoms with Gasteiger partial charge in [0, 0.05) is 12.4 Å². The molecule has 1 aromatic carbocycles. The Labute approximate surface area is 107 Å². The largest absolute Gasteiger partial charge is 0.384 e. The summed E-state index contributed by atoms with van der Waals surface area (Å²) in [6, 6.07) is 12.1. The fourth-order valence-corrected chi connectivity index (χ4v) is 2.46. The number of aliphatic hydroxyl groups is 1. The molecular formula is C16H17NO. The minimum atomic E-state index is -0.548. The van der Waals surface area contributed by atoms with Gasteiger partial charge in [-0.25, -0.2) is 0 Å². The smallest absolute Gasteiger partial charge is 0.104 e. The zero-order valence-corrected chi connectivity index (χ0v) is 10.3. The topological polar surface area (TPSA) is 33.1 Å². The van der Waals surface area contributed by atoms with E-state index in [-0.39, 0.29) is 0 Å². The van der Waals surface area contributed by atoms with Crippen molar-refractivity contribution in [1.29, 1.82) is 0 Å². The van der Waals surface area contributed by atoms with Gasteiger partial charge < -0.3 is 5.11 Å². The average Bonchev–Trinajstić information content (AvgIpc) is 2.37. The third-order valence-electron chi connectivity index (χ3n) is 3.82. The van der Waals surface area contributed by atoms with Crippen LogP contribution in [0.25, 0.3) is 0 Å². The molecule has 1 aromatic heterocycles. The molecule has 1 aliphatic rings. The van der Waals surface area contributed by atoms with E-state index in [0.717, 1.165) is 11.1 Å². The molecular weight excluding hydrogens is 222 g/mol. The van der Waals surface area contributed by atoms with Crippen LogP contribution in [0.15, 0.2) is 48.8 Å². The highest BCUT2D eigenvalue weighted by Gasteiger charge is 2.20. The highest BCUT2D eigenvalue weighted by molar-refractivity contribution is 5.33. The van der Waals surface area contributed by atoms with Gasteiger partial charge in [-0.3, -0.25) is 4.98 Å². The molecule has 1 fully saturated rings. The molecule has 1 N–H and O–H groups in total. The lowest BCUT2D eigenvalue weighted by Gasteiger charge is -2.26. The monoisotopic (exact) mass is 239 g/mol. The number of rotatable bonds is 3. The maximum Gasteiger partial charge on any atom is 0.104 e. The van der Waals surface area contributed by atoms with E-state index in [1.165, 1.54) is 24.8 Å². The average molecular weight is 239 g/mol. The molecule has 3 rings (SSSR count). The van der Waals surface area contributed by atoms with E-state index < -0.39 is 6.10 Å². The fourth-order valence-electron chi connectivity index (χ4n) is 2.46. The van der Waals surface area contributed by atoms with Gasteiger partial charge in [-0.1, -0.05) is 30.7 Å². The molecule has 2 nitrogen and oxygen atoms in total. The predicted octanol–water partition coefficient (Wildman–Crippen LogP) is 3.43. The molecule has 0 aliphatic heterocycles. The minimum absolute atomic E-state index is 0.548. The second-order valence-electron chi connectivity index (χ2n) is 4.98. The minimum Gasteiger partial charge on any atom is -0.384 e. The molecule has 1 saturated carbocycles. The zero-order valence-electron chi connectivity index (χ0n) is 10.3. The molecule has 2 aromatic rings. The maximum absolute atomic E-state index is 10.4. The molecule has 1 unspecified atom stereocenters. The van der Waals surface area contributed by atoms with Gasteiger partial charge in [-0.05, 0) is 47.6 Å². The summed E-state index contributed by atoms with van der Waals surface area (Å²) in [7, 11) is 0. The van der Waals surface area contributed by atoms with Crippen LogP contribution < -0.4 is 0 Å². The Morgan fingerprint density at radius 3 is 2.50 bits per heavy atom. The molecule has 18 heavy (non-hydrogen) atoms. The summed E-state index contributed by atoms with van der Waals surface area (Å²) in [6.07, 6.45) is 6.79. The Hall–Kier alpha value is -1.67. The van der Waals surface area contributed by atoms with Crippen molar-refractivity contribution in [3.05, 3.63) is 65.5 Å². The van der Waals surface area contributed by atoms with Crippen molar-refractivity contribution in [2.45, 2.75) is 31.3 Å². The van der Waals surface area contributed by atoms with E-state index in [1.807, 2.05) is 24.3 Å². The Kier molecular flexibility index (Phi) is 3.11. The first-order valence-electron chi connectivity index (χ1n) is 6.52. The van der Waals surface area contributed by atoms with Crippen LogP contribution in [0.2, 0.25) is 0 Å². The summed E-state index contributed by atoms with van der Waals surface area (Å²) in [6.45, 7) is 0. The maximum atomic E-state index is 10.4. The van der Waals surface area contributed by atoms with Gasteiger partial charge in [0.2, 0.25) is 0 Å². The molecule has 0 bridgehead atoms. The van der Waals surface area contributed by atoms with E-state index in [4.69, 9.17) is 0 Å². The van der Waals surface area contributed by atoms with Crippen molar-refractivity contribution >= 4 is 0 Å². The van der Waals surface area contributed by atoms with Crippen molar-refractivity contribution in [1.82, 2.24) is 4.98 Å². The number of aromatic nitrogens is 1.